The van der Waals surface area contributed by atoms with E-state index in [-0.39, 0.29) is 6.04 Å². The van der Waals surface area contributed by atoms with Crippen LogP contribution >= 0.6 is 0 Å². The fraction of sp³-hybridized carbons (Fsp3) is 0.222. The SMILES string of the molecule is CC(C)=CC(NCc1ccccc1)c1ccccc1. The van der Waals surface area contributed by atoms with Crippen LogP contribution in [0.1, 0.15) is 31.0 Å². The number of allylic oxidation sites excluding steroid dienone is 1. The highest BCUT2D eigenvalue weighted by atomic mass is 14.9. The summed E-state index contributed by atoms with van der Waals surface area (Å²) in [6.07, 6.45) is 2.28. The first-order chi connectivity index (χ1) is 9.25. The van der Waals surface area contributed by atoms with Crippen molar-refractivity contribution in [1.82, 2.24) is 5.32 Å². The maximum Gasteiger partial charge on any atom is 0.0511 e. The normalized spacial score (nSPS) is 11.9. The second-order valence-corrected chi connectivity index (χ2v) is 5.00. The van der Waals surface area contributed by atoms with Crippen molar-refractivity contribution in [3.63, 3.8) is 0 Å². The van der Waals surface area contributed by atoms with Crippen LogP contribution in [-0.4, -0.2) is 0 Å². The summed E-state index contributed by atoms with van der Waals surface area (Å²) in [6, 6.07) is 21.3. The molecule has 0 spiro atoms. The fourth-order valence-electron chi connectivity index (χ4n) is 2.09. The molecule has 1 atom stereocenters. The van der Waals surface area contributed by atoms with E-state index in [1.165, 1.54) is 16.7 Å². The Morgan fingerprint density at radius 2 is 1.53 bits per heavy atom. The monoisotopic (exact) mass is 251 g/mol. The van der Waals surface area contributed by atoms with Crippen molar-refractivity contribution in [3.05, 3.63) is 83.4 Å². The first-order valence-corrected chi connectivity index (χ1v) is 6.73. The largest absolute Gasteiger partial charge is 0.303 e. The first-order valence-electron chi connectivity index (χ1n) is 6.73. The van der Waals surface area contributed by atoms with Gasteiger partial charge in [0.2, 0.25) is 0 Å². The lowest BCUT2D eigenvalue weighted by Crippen LogP contribution is -2.19. The molecule has 2 aromatic rings. The van der Waals surface area contributed by atoms with Crippen LogP contribution in [0.2, 0.25) is 0 Å². The molecule has 2 rings (SSSR count). The zero-order valence-electron chi connectivity index (χ0n) is 11.6. The van der Waals surface area contributed by atoms with Crippen LogP contribution in [0.25, 0.3) is 0 Å². The van der Waals surface area contributed by atoms with Gasteiger partial charge in [-0.2, -0.15) is 0 Å². The van der Waals surface area contributed by atoms with Gasteiger partial charge in [-0.25, -0.2) is 0 Å². The van der Waals surface area contributed by atoms with Gasteiger partial charge in [-0.1, -0.05) is 72.3 Å². The zero-order valence-corrected chi connectivity index (χ0v) is 11.6. The maximum absolute atomic E-state index is 3.61. The van der Waals surface area contributed by atoms with Gasteiger partial charge in [0.05, 0.1) is 6.04 Å². The second-order valence-electron chi connectivity index (χ2n) is 5.00. The minimum Gasteiger partial charge on any atom is -0.303 e. The Morgan fingerprint density at radius 1 is 0.947 bits per heavy atom. The summed E-state index contributed by atoms with van der Waals surface area (Å²) in [5.41, 5.74) is 3.94. The molecule has 0 bridgehead atoms. The number of nitrogens with one attached hydrogen (secondary N) is 1. The lowest BCUT2D eigenvalue weighted by Gasteiger charge is -2.16. The standard InChI is InChI=1S/C18H21N/c1-15(2)13-18(17-11-7-4-8-12-17)19-14-16-9-5-3-6-10-16/h3-13,18-19H,14H2,1-2H3. The molecule has 0 fully saturated rings. The van der Waals surface area contributed by atoms with Crippen molar-refractivity contribution in [2.24, 2.45) is 0 Å². The van der Waals surface area contributed by atoms with Gasteiger partial charge < -0.3 is 5.32 Å². The van der Waals surface area contributed by atoms with Crippen LogP contribution in [0, 0.1) is 0 Å². The molecule has 2 aromatic carbocycles. The molecule has 0 saturated heterocycles. The van der Waals surface area contributed by atoms with Crippen molar-refractivity contribution in [3.8, 4) is 0 Å². The molecule has 0 amide bonds. The third kappa shape index (κ3) is 4.38. The summed E-state index contributed by atoms with van der Waals surface area (Å²) >= 11 is 0. The molecule has 19 heavy (non-hydrogen) atoms. The van der Waals surface area contributed by atoms with E-state index < -0.39 is 0 Å². The summed E-state index contributed by atoms with van der Waals surface area (Å²) in [7, 11) is 0. The molecular weight excluding hydrogens is 230 g/mol. The summed E-state index contributed by atoms with van der Waals surface area (Å²) in [6.45, 7) is 5.16. The Morgan fingerprint density at radius 3 is 2.11 bits per heavy atom. The summed E-state index contributed by atoms with van der Waals surface area (Å²) in [4.78, 5) is 0. The zero-order chi connectivity index (χ0) is 13.5. The summed E-state index contributed by atoms with van der Waals surface area (Å²) in [5, 5.41) is 3.61. The fourth-order valence-corrected chi connectivity index (χ4v) is 2.09. The van der Waals surface area contributed by atoms with Gasteiger partial charge in [0.15, 0.2) is 0 Å². The molecule has 1 nitrogen and oxygen atoms in total. The van der Waals surface area contributed by atoms with Gasteiger partial charge in [0, 0.05) is 6.54 Å². The molecule has 1 heteroatoms. The van der Waals surface area contributed by atoms with E-state index >= 15 is 0 Å². The van der Waals surface area contributed by atoms with E-state index in [4.69, 9.17) is 0 Å². The first kappa shape index (κ1) is 13.6. The quantitative estimate of drug-likeness (QED) is 0.772. The molecule has 0 aliphatic carbocycles. The van der Waals surface area contributed by atoms with Gasteiger partial charge in [0.25, 0.3) is 0 Å². The highest BCUT2D eigenvalue weighted by Crippen LogP contribution is 2.16. The van der Waals surface area contributed by atoms with Crippen molar-refractivity contribution < 1.29 is 0 Å². The van der Waals surface area contributed by atoms with Crippen LogP contribution in [0.5, 0.6) is 0 Å². The molecule has 1 N–H and O–H groups in total. The van der Waals surface area contributed by atoms with Gasteiger partial charge in [0.1, 0.15) is 0 Å². The van der Waals surface area contributed by atoms with Gasteiger partial charge in [-0.3, -0.25) is 0 Å². The summed E-state index contributed by atoms with van der Waals surface area (Å²) in [5.74, 6) is 0. The lowest BCUT2D eigenvalue weighted by atomic mass is 10.0. The minimum absolute atomic E-state index is 0.270. The Bertz CT molecular complexity index is 510. The van der Waals surface area contributed by atoms with Crippen LogP contribution < -0.4 is 5.32 Å². The molecular formula is C18H21N. The van der Waals surface area contributed by atoms with Gasteiger partial charge in [-0.15, -0.1) is 0 Å². The predicted octanol–water partition coefficient (Wildman–Crippen LogP) is 4.48. The van der Waals surface area contributed by atoms with E-state index in [9.17, 15) is 0 Å². The highest BCUT2D eigenvalue weighted by Gasteiger charge is 2.07. The maximum atomic E-state index is 3.61. The van der Waals surface area contributed by atoms with E-state index in [0.717, 1.165) is 6.54 Å². The molecule has 0 heterocycles. The van der Waals surface area contributed by atoms with Crippen molar-refractivity contribution in [2.45, 2.75) is 26.4 Å². The Labute approximate surface area is 116 Å². The van der Waals surface area contributed by atoms with Crippen molar-refractivity contribution >= 4 is 0 Å². The third-order valence-electron chi connectivity index (χ3n) is 3.03. The molecule has 0 aliphatic heterocycles. The molecule has 98 valence electrons. The van der Waals surface area contributed by atoms with E-state index in [2.05, 4.69) is 79.8 Å². The highest BCUT2D eigenvalue weighted by molar-refractivity contribution is 5.25. The van der Waals surface area contributed by atoms with Crippen LogP contribution in [-0.2, 0) is 6.54 Å². The second kappa shape index (κ2) is 6.91. The van der Waals surface area contributed by atoms with E-state index in [1.54, 1.807) is 0 Å². The van der Waals surface area contributed by atoms with Crippen LogP contribution in [0.15, 0.2) is 72.3 Å². The Kier molecular flexibility index (Phi) is 4.93. The lowest BCUT2D eigenvalue weighted by molar-refractivity contribution is 0.618. The van der Waals surface area contributed by atoms with Crippen LogP contribution in [0.3, 0.4) is 0 Å². The molecule has 0 aromatic heterocycles. The van der Waals surface area contributed by atoms with Crippen LogP contribution in [0.4, 0.5) is 0 Å². The van der Waals surface area contributed by atoms with Crippen molar-refractivity contribution in [2.75, 3.05) is 0 Å². The number of benzene rings is 2. The molecule has 1 unspecified atom stereocenters. The third-order valence-corrected chi connectivity index (χ3v) is 3.03. The Balaban J connectivity index is 2.09. The topological polar surface area (TPSA) is 12.0 Å². The Hall–Kier alpha value is -1.86. The smallest absolute Gasteiger partial charge is 0.0511 e. The van der Waals surface area contributed by atoms with E-state index in [1.807, 2.05) is 6.07 Å². The van der Waals surface area contributed by atoms with E-state index in [0.29, 0.717) is 0 Å². The minimum atomic E-state index is 0.270. The average Bonchev–Trinajstić information content (AvgIpc) is 2.45. The predicted molar refractivity (Wildman–Crippen MR) is 81.9 cm³/mol. The molecule has 0 aliphatic rings. The molecule has 0 saturated carbocycles. The van der Waals surface area contributed by atoms with Gasteiger partial charge >= 0.3 is 0 Å². The summed E-state index contributed by atoms with van der Waals surface area (Å²) < 4.78 is 0. The van der Waals surface area contributed by atoms with Gasteiger partial charge in [-0.05, 0) is 25.0 Å². The number of hydrogen-bond acceptors (Lipinski definition) is 1. The number of rotatable bonds is 5. The van der Waals surface area contributed by atoms with Crippen molar-refractivity contribution in [1.29, 1.82) is 0 Å². The number of hydrogen-bond donors (Lipinski definition) is 1. The average molecular weight is 251 g/mol. The molecule has 0 radical (unpaired) electrons.